The molecule has 0 aliphatic carbocycles. The van der Waals surface area contributed by atoms with Gasteiger partial charge in [-0.3, -0.25) is 4.68 Å². The van der Waals surface area contributed by atoms with E-state index in [1.165, 1.54) is 13.1 Å². The highest BCUT2D eigenvalue weighted by molar-refractivity contribution is 7.89. The third kappa shape index (κ3) is 2.85. The van der Waals surface area contributed by atoms with Gasteiger partial charge in [-0.1, -0.05) is 0 Å². The molecule has 0 saturated carbocycles. The van der Waals surface area contributed by atoms with Crippen LogP contribution in [0.3, 0.4) is 0 Å². The van der Waals surface area contributed by atoms with E-state index in [1.54, 1.807) is 36.1 Å². The number of aryl methyl sites for hydroxylation is 1. The SMILES string of the molecule is CNS(=O)(=O)c1cc(N)ccc1Nc1ccn(C)n1. The molecule has 0 bridgehead atoms. The van der Waals surface area contributed by atoms with Gasteiger partial charge in [0.05, 0.1) is 5.69 Å². The Morgan fingerprint density at radius 2 is 2.05 bits per heavy atom. The topological polar surface area (TPSA) is 102 Å². The van der Waals surface area contributed by atoms with E-state index in [2.05, 4.69) is 15.1 Å². The molecule has 102 valence electrons. The Labute approximate surface area is 111 Å². The van der Waals surface area contributed by atoms with Crippen molar-refractivity contribution in [1.29, 1.82) is 0 Å². The second-order valence-corrected chi connectivity index (χ2v) is 5.82. The zero-order chi connectivity index (χ0) is 14.0. The first kappa shape index (κ1) is 13.4. The Morgan fingerprint density at radius 3 is 2.63 bits per heavy atom. The molecule has 2 aromatic rings. The molecular formula is C11H15N5O2S. The van der Waals surface area contributed by atoms with Crippen molar-refractivity contribution >= 4 is 27.2 Å². The number of rotatable bonds is 4. The van der Waals surface area contributed by atoms with Crippen LogP contribution in [0.2, 0.25) is 0 Å². The maximum absolute atomic E-state index is 11.9. The molecule has 0 unspecified atom stereocenters. The highest BCUT2D eigenvalue weighted by Crippen LogP contribution is 2.26. The molecule has 0 radical (unpaired) electrons. The summed E-state index contributed by atoms with van der Waals surface area (Å²) in [6.45, 7) is 0. The molecule has 0 aliphatic rings. The first-order valence-electron chi connectivity index (χ1n) is 5.52. The molecule has 0 aliphatic heterocycles. The number of nitrogens with one attached hydrogen (secondary N) is 2. The molecule has 19 heavy (non-hydrogen) atoms. The molecule has 1 aromatic heterocycles. The third-order valence-electron chi connectivity index (χ3n) is 2.54. The van der Waals surface area contributed by atoms with E-state index >= 15 is 0 Å². The molecule has 7 nitrogen and oxygen atoms in total. The molecule has 0 spiro atoms. The van der Waals surface area contributed by atoms with Gasteiger partial charge in [0.15, 0.2) is 5.82 Å². The van der Waals surface area contributed by atoms with Gasteiger partial charge in [-0.2, -0.15) is 5.10 Å². The molecule has 0 amide bonds. The second kappa shape index (κ2) is 4.90. The van der Waals surface area contributed by atoms with Gasteiger partial charge in [0.1, 0.15) is 4.90 Å². The Bertz CT molecular complexity index is 693. The van der Waals surface area contributed by atoms with Gasteiger partial charge in [-0.15, -0.1) is 0 Å². The molecule has 0 fully saturated rings. The number of aromatic nitrogens is 2. The van der Waals surface area contributed by atoms with Gasteiger partial charge in [0.2, 0.25) is 10.0 Å². The normalized spacial score (nSPS) is 11.5. The van der Waals surface area contributed by atoms with Crippen LogP contribution in [0.4, 0.5) is 17.2 Å². The van der Waals surface area contributed by atoms with Crippen LogP contribution in [0, 0.1) is 0 Å². The lowest BCUT2D eigenvalue weighted by atomic mass is 10.3. The van der Waals surface area contributed by atoms with E-state index in [4.69, 9.17) is 5.73 Å². The Kier molecular flexibility index (Phi) is 3.45. The maximum Gasteiger partial charge on any atom is 0.242 e. The van der Waals surface area contributed by atoms with Gasteiger partial charge in [-0.25, -0.2) is 13.1 Å². The highest BCUT2D eigenvalue weighted by Gasteiger charge is 2.17. The summed E-state index contributed by atoms with van der Waals surface area (Å²) in [4.78, 5) is 0.0839. The fourth-order valence-corrected chi connectivity index (χ4v) is 2.51. The largest absolute Gasteiger partial charge is 0.399 e. The molecule has 0 saturated heterocycles. The Balaban J connectivity index is 2.46. The first-order valence-corrected chi connectivity index (χ1v) is 7.00. The number of nitrogens with zero attached hydrogens (tertiary/aromatic N) is 2. The van der Waals surface area contributed by atoms with Crippen molar-refractivity contribution < 1.29 is 8.42 Å². The maximum atomic E-state index is 11.9. The standard InChI is InChI=1S/C11H15N5O2S/c1-13-19(17,18)10-7-8(12)3-4-9(10)14-11-5-6-16(2)15-11/h3-7,13H,12H2,1-2H3,(H,14,15). The van der Waals surface area contributed by atoms with Crippen molar-refractivity contribution in [3.63, 3.8) is 0 Å². The predicted octanol–water partition coefficient (Wildman–Crippen LogP) is 0.654. The lowest BCUT2D eigenvalue weighted by Gasteiger charge is -2.11. The van der Waals surface area contributed by atoms with E-state index in [0.717, 1.165) is 0 Å². The molecule has 4 N–H and O–H groups in total. The minimum absolute atomic E-state index is 0.0839. The van der Waals surface area contributed by atoms with E-state index in [0.29, 0.717) is 17.2 Å². The minimum atomic E-state index is -3.59. The first-order chi connectivity index (χ1) is 8.92. The minimum Gasteiger partial charge on any atom is -0.399 e. The van der Waals surface area contributed by atoms with Crippen molar-refractivity contribution in [1.82, 2.24) is 14.5 Å². The van der Waals surface area contributed by atoms with Crippen molar-refractivity contribution in [3.8, 4) is 0 Å². The van der Waals surface area contributed by atoms with Crippen molar-refractivity contribution in [2.75, 3.05) is 18.1 Å². The van der Waals surface area contributed by atoms with Crippen molar-refractivity contribution in [2.45, 2.75) is 4.90 Å². The predicted molar refractivity (Wildman–Crippen MR) is 73.6 cm³/mol. The fraction of sp³-hybridized carbons (Fsp3) is 0.182. The van der Waals surface area contributed by atoms with Gasteiger partial charge >= 0.3 is 0 Å². The number of benzene rings is 1. The molecule has 1 aromatic carbocycles. The summed E-state index contributed by atoms with van der Waals surface area (Å²) in [7, 11) is -0.464. The van der Waals surface area contributed by atoms with Gasteiger partial charge in [0.25, 0.3) is 0 Å². The number of nitrogens with two attached hydrogens (primary N) is 1. The number of nitrogen functional groups attached to an aromatic ring is 1. The number of hydrogen-bond donors (Lipinski definition) is 3. The Hall–Kier alpha value is -2.06. The smallest absolute Gasteiger partial charge is 0.242 e. The van der Waals surface area contributed by atoms with Crippen LogP contribution >= 0.6 is 0 Å². The molecule has 2 rings (SSSR count). The quantitative estimate of drug-likeness (QED) is 0.714. The average Bonchev–Trinajstić information content (AvgIpc) is 2.77. The summed E-state index contributed by atoms with van der Waals surface area (Å²) in [5, 5.41) is 7.09. The third-order valence-corrected chi connectivity index (χ3v) is 3.99. The van der Waals surface area contributed by atoms with Crippen LogP contribution in [-0.4, -0.2) is 25.2 Å². The molecule has 1 heterocycles. The van der Waals surface area contributed by atoms with E-state index < -0.39 is 10.0 Å². The van der Waals surface area contributed by atoms with Crippen molar-refractivity contribution in [2.24, 2.45) is 7.05 Å². The summed E-state index contributed by atoms with van der Waals surface area (Å²) in [5.41, 5.74) is 6.43. The molecule has 8 heteroatoms. The lowest BCUT2D eigenvalue weighted by molar-refractivity contribution is 0.588. The van der Waals surface area contributed by atoms with Gasteiger partial charge < -0.3 is 11.1 Å². The van der Waals surface area contributed by atoms with Crippen LogP contribution in [0.1, 0.15) is 0 Å². The number of hydrogen-bond acceptors (Lipinski definition) is 5. The summed E-state index contributed by atoms with van der Waals surface area (Å²) in [6, 6.07) is 6.37. The fourth-order valence-electron chi connectivity index (χ4n) is 1.59. The summed E-state index contributed by atoms with van der Waals surface area (Å²) in [6.07, 6.45) is 1.76. The summed E-state index contributed by atoms with van der Waals surface area (Å²) < 4.78 is 27.8. The zero-order valence-corrected chi connectivity index (χ0v) is 11.4. The van der Waals surface area contributed by atoms with Crippen molar-refractivity contribution in [3.05, 3.63) is 30.5 Å². The highest BCUT2D eigenvalue weighted by atomic mass is 32.2. The van der Waals surface area contributed by atoms with E-state index in [1.807, 2.05) is 0 Å². The monoisotopic (exact) mass is 281 g/mol. The second-order valence-electron chi connectivity index (χ2n) is 3.96. The lowest BCUT2D eigenvalue weighted by Crippen LogP contribution is -2.20. The van der Waals surface area contributed by atoms with E-state index in [9.17, 15) is 8.42 Å². The Morgan fingerprint density at radius 1 is 1.32 bits per heavy atom. The van der Waals surface area contributed by atoms with Crippen LogP contribution in [0.5, 0.6) is 0 Å². The summed E-state index contributed by atoms with van der Waals surface area (Å²) >= 11 is 0. The van der Waals surface area contributed by atoms with Gasteiger partial charge in [0, 0.05) is 25.0 Å². The summed E-state index contributed by atoms with van der Waals surface area (Å²) in [5.74, 6) is 0.555. The molecular weight excluding hydrogens is 266 g/mol. The number of sulfonamides is 1. The van der Waals surface area contributed by atoms with Crippen LogP contribution in [0.15, 0.2) is 35.4 Å². The van der Waals surface area contributed by atoms with E-state index in [-0.39, 0.29) is 4.90 Å². The van der Waals surface area contributed by atoms with Crippen LogP contribution < -0.4 is 15.8 Å². The van der Waals surface area contributed by atoms with Gasteiger partial charge in [-0.05, 0) is 25.2 Å². The molecule has 0 atom stereocenters. The van der Waals surface area contributed by atoms with Crippen LogP contribution in [0.25, 0.3) is 0 Å². The average molecular weight is 281 g/mol. The zero-order valence-electron chi connectivity index (χ0n) is 10.6. The van der Waals surface area contributed by atoms with Crippen LogP contribution in [-0.2, 0) is 17.1 Å². The number of anilines is 3.